The predicted molar refractivity (Wildman–Crippen MR) is 86.2 cm³/mol. The molecule has 0 spiro atoms. The Kier molecular flexibility index (Phi) is 3.85. The highest BCUT2D eigenvalue weighted by molar-refractivity contribution is 7.17. The van der Waals surface area contributed by atoms with Crippen LogP contribution >= 0.6 is 11.3 Å². The summed E-state index contributed by atoms with van der Waals surface area (Å²) >= 11 is 1.74. The molecule has 0 aliphatic heterocycles. The third-order valence-corrected chi connectivity index (χ3v) is 5.57. The van der Waals surface area contributed by atoms with Gasteiger partial charge in [-0.3, -0.25) is 0 Å². The Hall–Kier alpha value is -0.900. The first-order valence-electron chi connectivity index (χ1n) is 7.56. The molecule has 3 rings (SSSR count). The number of nitrogens with one attached hydrogen (secondary N) is 1. The number of fused-ring (bicyclic) bond motifs is 1. The normalized spacial score (nSPS) is 20.6. The maximum absolute atomic E-state index is 11.2. The van der Waals surface area contributed by atoms with Crippen LogP contribution in [0, 0.1) is 5.92 Å². The molecule has 2 nitrogen and oxygen atoms in total. The van der Waals surface area contributed by atoms with E-state index in [1.807, 2.05) is 6.92 Å². The van der Waals surface area contributed by atoms with Gasteiger partial charge in [-0.05, 0) is 60.7 Å². The minimum Gasteiger partial charge on any atom is -0.384 e. The lowest BCUT2D eigenvalue weighted by molar-refractivity contribution is -0.0222. The molecule has 3 heteroatoms. The molecule has 0 radical (unpaired) electrons. The lowest BCUT2D eigenvalue weighted by atomic mass is 9.71. The first-order valence-corrected chi connectivity index (χ1v) is 8.44. The van der Waals surface area contributed by atoms with Crippen molar-refractivity contribution >= 4 is 21.4 Å². The molecule has 2 atom stereocenters. The molecule has 108 valence electrons. The molecule has 20 heavy (non-hydrogen) atoms. The second-order valence-corrected chi connectivity index (χ2v) is 6.99. The highest BCUT2D eigenvalue weighted by Crippen LogP contribution is 2.39. The van der Waals surface area contributed by atoms with Gasteiger partial charge in [0.1, 0.15) is 5.60 Å². The zero-order valence-electron chi connectivity index (χ0n) is 12.2. The summed E-state index contributed by atoms with van der Waals surface area (Å²) in [6, 6.07) is 8.64. The summed E-state index contributed by atoms with van der Waals surface area (Å²) in [6.07, 6.45) is 3.76. The van der Waals surface area contributed by atoms with Crippen LogP contribution in [0.4, 0.5) is 0 Å². The van der Waals surface area contributed by atoms with Gasteiger partial charge in [0.05, 0.1) is 0 Å². The van der Waals surface area contributed by atoms with Crippen molar-refractivity contribution in [3.8, 4) is 0 Å². The van der Waals surface area contributed by atoms with Gasteiger partial charge in [-0.1, -0.05) is 25.5 Å². The van der Waals surface area contributed by atoms with Gasteiger partial charge in [0.25, 0.3) is 0 Å². The van der Waals surface area contributed by atoms with E-state index >= 15 is 0 Å². The second-order valence-electron chi connectivity index (χ2n) is 6.05. The standard InChI is InChI=1S/C17H23NOS/c1-3-18-16(13-5-4-6-13)17(2,19)14-8-7-12-9-10-20-15(12)11-14/h7-11,13,16,18-19H,3-6H2,1-2H3. The Morgan fingerprint density at radius 1 is 1.40 bits per heavy atom. The van der Waals surface area contributed by atoms with Crippen molar-refractivity contribution < 1.29 is 5.11 Å². The Morgan fingerprint density at radius 2 is 2.20 bits per heavy atom. The average Bonchev–Trinajstić information content (AvgIpc) is 2.83. The van der Waals surface area contributed by atoms with Gasteiger partial charge in [-0.25, -0.2) is 0 Å². The van der Waals surface area contributed by atoms with Gasteiger partial charge < -0.3 is 10.4 Å². The fourth-order valence-electron chi connectivity index (χ4n) is 3.27. The zero-order valence-corrected chi connectivity index (χ0v) is 13.0. The van der Waals surface area contributed by atoms with Crippen molar-refractivity contribution in [2.75, 3.05) is 6.54 Å². The SMILES string of the molecule is CCNC(C1CCC1)C(C)(O)c1ccc2ccsc2c1. The highest BCUT2D eigenvalue weighted by atomic mass is 32.1. The molecule has 0 saturated heterocycles. The number of benzene rings is 1. The van der Waals surface area contributed by atoms with E-state index in [-0.39, 0.29) is 6.04 Å². The van der Waals surface area contributed by atoms with E-state index < -0.39 is 5.60 Å². The number of aliphatic hydroxyl groups is 1. The predicted octanol–water partition coefficient (Wildman–Crippen LogP) is 3.89. The van der Waals surface area contributed by atoms with Crippen LogP contribution < -0.4 is 5.32 Å². The van der Waals surface area contributed by atoms with Gasteiger partial charge in [-0.15, -0.1) is 11.3 Å². The Morgan fingerprint density at radius 3 is 2.85 bits per heavy atom. The second kappa shape index (κ2) is 5.47. The topological polar surface area (TPSA) is 32.3 Å². The molecular formula is C17H23NOS. The lowest BCUT2D eigenvalue weighted by Crippen LogP contribution is -2.53. The molecule has 1 saturated carbocycles. The maximum atomic E-state index is 11.2. The first-order chi connectivity index (χ1) is 9.63. The number of likely N-dealkylation sites (N-methyl/N-ethyl adjacent to an activating group) is 1. The molecule has 0 amide bonds. The summed E-state index contributed by atoms with van der Waals surface area (Å²) in [5.74, 6) is 0.601. The van der Waals surface area contributed by atoms with Gasteiger partial charge in [0.2, 0.25) is 0 Å². The summed E-state index contributed by atoms with van der Waals surface area (Å²) in [4.78, 5) is 0. The summed E-state index contributed by atoms with van der Waals surface area (Å²) in [6.45, 7) is 4.98. The third-order valence-electron chi connectivity index (χ3n) is 4.69. The fraction of sp³-hybridized carbons (Fsp3) is 0.529. The largest absolute Gasteiger partial charge is 0.384 e. The molecule has 2 aromatic rings. The van der Waals surface area contributed by atoms with Gasteiger partial charge in [-0.2, -0.15) is 0 Å². The first kappa shape index (κ1) is 14.1. The third kappa shape index (κ3) is 2.39. The van der Waals surface area contributed by atoms with Crippen LogP contribution in [0.15, 0.2) is 29.6 Å². The van der Waals surface area contributed by atoms with E-state index in [0.717, 1.165) is 12.1 Å². The quantitative estimate of drug-likeness (QED) is 0.875. The van der Waals surface area contributed by atoms with Gasteiger partial charge in [0, 0.05) is 10.7 Å². The van der Waals surface area contributed by atoms with E-state index in [9.17, 15) is 5.11 Å². The van der Waals surface area contributed by atoms with E-state index in [1.54, 1.807) is 11.3 Å². The minimum absolute atomic E-state index is 0.152. The molecule has 1 aliphatic carbocycles. The smallest absolute Gasteiger partial charge is 0.102 e. The van der Waals surface area contributed by atoms with Crippen LogP contribution in [-0.2, 0) is 5.60 Å². The molecular weight excluding hydrogens is 266 g/mol. The zero-order chi connectivity index (χ0) is 14.2. The summed E-state index contributed by atoms with van der Waals surface area (Å²) in [5, 5.41) is 18.0. The molecule has 1 heterocycles. The summed E-state index contributed by atoms with van der Waals surface area (Å²) < 4.78 is 1.26. The molecule has 1 fully saturated rings. The van der Waals surface area contributed by atoms with E-state index in [1.165, 1.54) is 29.3 Å². The van der Waals surface area contributed by atoms with Crippen LogP contribution in [0.5, 0.6) is 0 Å². The van der Waals surface area contributed by atoms with Crippen molar-refractivity contribution in [1.82, 2.24) is 5.32 Å². The van der Waals surface area contributed by atoms with Crippen LogP contribution in [-0.4, -0.2) is 17.7 Å². The highest BCUT2D eigenvalue weighted by Gasteiger charge is 2.40. The molecule has 1 aromatic heterocycles. The lowest BCUT2D eigenvalue weighted by Gasteiger charge is -2.43. The van der Waals surface area contributed by atoms with Crippen LogP contribution in [0.2, 0.25) is 0 Å². The van der Waals surface area contributed by atoms with Crippen molar-refractivity contribution in [3.05, 3.63) is 35.2 Å². The van der Waals surface area contributed by atoms with Crippen molar-refractivity contribution in [2.24, 2.45) is 5.92 Å². The molecule has 1 aromatic carbocycles. The van der Waals surface area contributed by atoms with Crippen molar-refractivity contribution in [1.29, 1.82) is 0 Å². The van der Waals surface area contributed by atoms with Crippen molar-refractivity contribution in [3.63, 3.8) is 0 Å². The van der Waals surface area contributed by atoms with E-state index in [0.29, 0.717) is 5.92 Å². The van der Waals surface area contributed by atoms with Gasteiger partial charge in [0.15, 0.2) is 0 Å². The average molecular weight is 289 g/mol. The maximum Gasteiger partial charge on any atom is 0.102 e. The van der Waals surface area contributed by atoms with Crippen LogP contribution in [0.3, 0.4) is 0 Å². The number of thiophene rings is 1. The summed E-state index contributed by atoms with van der Waals surface area (Å²) in [7, 11) is 0. The molecule has 0 bridgehead atoms. The Balaban J connectivity index is 1.94. The minimum atomic E-state index is -0.806. The molecule has 2 unspecified atom stereocenters. The molecule has 1 aliphatic rings. The number of hydrogen-bond acceptors (Lipinski definition) is 3. The van der Waals surface area contributed by atoms with E-state index in [4.69, 9.17) is 0 Å². The van der Waals surface area contributed by atoms with Crippen LogP contribution in [0.1, 0.15) is 38.7 Å². The fourth-order valence-corrected chi connectivity index (χ4v) is 4.10. The van der Waals surface area contributed by atoms with Crippen molar-refractivity contribution in [2.45, 2.75) is 44.8 Å². The van der Waals surface area contributed by atoms with Gasteiger partial charge >= 0.3 is 0 Å². The monoisotopic (exact) mass is 289 g/mol. The number of rotatable bonds is 5. The van der Waals surface area contributed by atoms with E-state index in [2.05, 4.69) is 41.9 Å². The van der Waals surface area contributed by atoms with Crippen LogP contribution in [0.25, 0.3) is 10.1 Å². The Bertz CT molecular complexity index is 585. The Labute approximate surface area is 124 Å². The number of hydrogen-bond donors (Lipinski definition) is 2. The molecule has 2 N–H and O–H groups in total. The summed E-state index contributed by atoms with van der Waals surface area (Å²) in [5.41, 5.74) is 0.226.